The van der Waals surface area contributed by atoms with Crippen molar-refractivity contribution in [1.82, 2.24) is 0 Å². The zero-order chi connectivity index (χ0) is 6.08. The molecule has 0 bridgehead atoms. The monoisotopic (exact) mass is 166 g/mol. The van der Waals surface area contributed by atoms with E-state index in [0.717, 1.165) is 0 Å². The zero-order valence-corrected chi connectivity index (χ0v) is 5.53. The van der Waals surface area contributed by atoms with E-state index in [1.54, 1.807) is 0 Å². The molecule has 0 fully saturated rings. The van der Waals surface area contributed by atoms with Crippen molar-refractivity contribution in [2.45, 2.75) is 12.6 Å². The average molecular weight is 167 g/mol. The summed E-state index contributed by atoms with van der Waals surface area (Å²) >= 11 is 2.61. The van der Waals surface area contributed by atoms with Crippen LogP contribution in [-0.2, 0) is 4.79 Å². The Bertz CT molecular complexity index is 85.4. The molecule has 0 atom stereocenters. The molecule has 3 nitrogen and oxygen atoms in total. The summed E-state index contributed by atoms with van der Waals surface area (Å²) < 4.78 is -0.389. The molecule has 0 aromatic heterocycles. The maximum Gasteiger partial charge on any atom is 0.231 e. The summed E-state index contributed by atoms with van der Waals surface area (Å²) in [4.78, 5) is 10.1. The molecule has 0 radical (unpaired) electrons. The van der Waals surface area contributed by atoms with E-state index in [9.17, 15) is 4.79 Å². The van der Waals surface area contributed by atoms with Gasteiger partial charge in [-0.2, -0.15) is 0 Å². The number of rotatable bonds is 1. The molecule has 0 aliphatic carbocycles. The van der Waals surface area contributed by atoms with Gasteiger partial charge in [-0.25, -0.2) is 0 Å². The van der Waals surface area contributed by atoms with E-state index < -0.39 is 5.66 Å². The van der Waals surface area contributed by atoms with Crippen LogP contribution in [-0.4, -0.2) is 10.4 Å². The molecule has 0 aromatic rings. The first-order chi connectivity index (χ1) is 2.94. The van der Waals surface area contributed by atoms with Gasteiger partial charge in [-0.3, -0.25) is 4.79 Å². The van der Waals surface area contributed by atoms with Gasteiger partial charge in [0, 0.05) is 0 Å². The minimum absolute atomic E-state index is 0.389. The summed E-state index contributed by atoms with van der Waals surface area (Å²) in [6, 6.07) is 0. The molecular weight excluding hydrogens is 160 g/mol. The molecule has 0 saturated carbocycles. The van der Waals surface area contributed by atoms with Crippen LogP contribution in [0, 0.1) is 0 Å². The van der Waals surface area contributed by atoms with Gasteiger partial charge in [0.05, 0.1) is 0 Å². The lowest BCUT2D eigenvalue weighted by Gasteiger charge is -2.10. The lowest BCUT2D eigenvalue weighted by atomic mass is 10.3. The van der Waals surface area contributed by atoms with Crippen LogP contribution >= 0.6 is 15.9 Å². The molecule has 0 aliphatic rings. The third-order valence-electron chi connectivity index (χ3n) is 0.424. The molecule has 7 heavy (non-hydrogen) atoms. The van der Waals surface area contributed by atoms with Gasteiger partial charge in [-0.05, 0) is 22.9 Å². The normalized spacial score (nSPS) is 11.4. The molecule has 0 saturated heterocycles. The molecule has 0 aliphatic heterocycles. The smallest absolute Gasteiger partial charge is 0.231 e. The Hall–Kier alpha value is 0.0700. The van der Waals surface area contributed by atoms with Crippen LogP contribution in [0.25, 0.3) is 0 Å². The van der Waals surface area contributed by atoms with Crippen LogP contribution in [0.3, 0.4) is 0 Å². The van der Waals surface area contributed by atoms with Crippen LogP contribution < -0.4 is 11.5 Å². The summed E-state index contributed by atoms with van der Waals surface area (Å²) in [5, 5.41) is 0. The SMILES string of the molecule is CC(N)(N)C(=O)Br. The second kappa shape index (κ2) is 1.90. The molecule has 42 valence electrons. The fourth-order valence-corrected chi connectivity index (χ4v) is 0. The molecule has 0 heterocycles. The van der Waals surface area contributed by atoms with Crippen LogP contribution in [0.2, 0.25) is 0 Å². The van der Waals surface area contributed by atoms with Gasteiger partial charge in [-0.15, -0.1) is 0 Å². The van der Waals surface area contributed by atoms with E-state index in [1.165, 1.54) is 6.92 Å². The molecule has 4 heteroatoms. The lowest BCUT2D eigenvalue weighted by molar-refractivity contribution is -0.114. The van der Waals surface area contributed by atoms with Crippen molar-refractivity contribution in [2.24, 2.45) is 11.5 Å². The molecule has 4 N–H and O–H groups in total. The fraction of sp³-hybridized carbons (Fsp3) is 0.667. The van der Waals surface area contributed by atoms with Gasteiger partial charge in [0.1, 0.15) is 5.66 Å². The summed E-state index contributed by atoms with van der Waals surface area (Å²) in [5.41, 5.74) is 8.90. The number of hydrogen-bond acceptors (Lipinski definition) is 3. The van der Waals surface area contributed by atoms with Gasteiger partial charge >= 0.3 is 0 Å². The van der Waals surface area contributed by atoms with Crippen LogP contribution in [0.5, 0.6) is 0 Å². The highest BCUT2D eigenvalue weighted by molar-refractivity contribution is 9.18. The minimum atomic E-state index is -1.22. The van der Waals surface area contributed by atoms with E-state index in [2.05, 4.69) is 15.9 Å². The predicted molar refractivity (Wildman–Crippen MR) is 30.7 cm³/mol. The summed E-state index contributed by atoms with van der Waals surface area (Å²) in [6.07, 6.45) is 0. The standard InChI is InChI=1S/C3H7BrN2O/c1-3(5,6)2(4)7/h5-6H2,1H3. The minimum Gasteiger partial charge on any atom is -0.307 e. The van der Waals surface area contributed by atoms with Crippen molar-refractivity contribution in [3.8, 4) is 0 Å². The Morgan fingerprint density at radius 3 is 1.86 bits per heavy atom. The number of carbonyl (C=O) groups is 1. The Morgan fingerprint density at radius 2 is 1.86 bits per heavy atom. The summed E-state index contributed by atoms with van der Waals surface area (Å²) in [5.74, 6) is 0. The van der Waals surface area contributed by atoms with Crippen molar-refractivity contribution < 1.29 is 4.79 Å². The average Bonchev–Trinajstić information content (AvgIpc) is 1.31. The molecule has 0 rings (SSSR count). The zero-order valence-electron chi connectivity index (χ0n) is 3.94. The third kappa shape index (κ3) is 2.73. The van der Waals surface area contributed by atoms with Gasteiger partial charge in [0.2, 0.25) is 4.69 Å². The quantitative estimate of drug-likeness (QED) is 0.410. The molecular formula is C3H7BrN2O. The fourth-order valence-electron chi connectivity index (χ4n) is 0. The summed E-state index contributed by atoms with van der Waals surface area (Å²) in [7, 11) is 0. The maximum absolute atomic E-state index is 10.1. The largest absolute Gasteiger partial charge is 0.307 e. The first-order valence-electron chi connectivity index (χ1n) is 1.72. The van der Waals surface area contributed by atoms with Crippen LogP contribution in [0.1, 0.15) is 6.92 Å². The van der Waals surface area contributed by atoms with Gasteiger partial charge in [0.25, 0.3) is 0 Å². The first kappa shape index (κ1) is 7.07. The van der Waals surface area contributed by atoms with E-state index in [4.69, 9.17) is 11.5 Å². The predicted octanol–water partition coefficient (Wildman–Crippen LogP) is -0.459. The number of hydrogen-bond donors (Lipinski definition) is 2. The van der Waals surface area contributed by atoms with Crippen molar-refractivity contribution in [2.75, 3.05) is 0 Å². The highest BCUT2D eigenvalue weighted by Gasteiger charge is 2.18. The van der Waals surface area contributed by atoms with Gasteiger partial charge in [0.15, 0.2) is 0 Å². The van der Waals surface area contributed by atoms with Gasteiger partial charge in [-0.1, -0.05) is 0 Å². The Labute approximate surface area is 50.2 Å². The number of carbonyl (C=O) groups excluding carboxylic acids is 1. The van der Waals surface area contributed by atoms with Crippen LogP contribution in [0.4, 0.5) is 0 Å². The van der Waals surface area contributed by atoms with Crippen LogP contribution in [0.15, 0.2) is 0 Å². The highest BCUT2D eigenvalue weighted by Crippen LogP contribution is 1.95. The van der Waals surface area contributed by atoms with Crippen molar-refractivity contribution in [1.29, 1.82) is 0 Å². The molecule has 0 aromatic carbocycles. The number of nitrogens with two attached hydrogens (primary N) is 2. The molecule has 0 spiro atoms. The van der Waals surface area contributed by atoms with E-state index >= 15 is 0 Å². The van der Waals surface area contributed by atoms with E-state index in [-0.39, 0.29) is 4.69 Å². The number of halogens is 1. The van der Waals surface area contributed by atoms with Crippen molar-refractivity contribution in [3.63, 3.8) is 0 Å². The highest BCUT2D eigenvalue weighted by atomic mass is 79.9. The first-order valence-corrected chi connectivity index (χ1v) is 2.51. The Kier molecular flexibility index (Phi) is 1.92. The Balaban J connectivity index is 3.79. The van der Waals surface area contributed by atoms with Gasteiger partial charge < -0.3 is 11.5 Å². The molecule has 0 amide bonds. The van der Waals surface area contributed by atoms with Crippen molar-refractivity contribution >= 4 is 20.6 Å². The molecule has 0 unspecified atom stereocenters. The Morgan fingerprint density at radius 1 is 1.71 bits per heavy atom. The van der Waals surface area contributed by atoms with E-state index in [0.29, 0.717) is 0 Å². The van der Waals surface area contributed by atoms with Crippen molar-refractivity contribution in [3.05, 3.63) is 0 Å². The van der Waals surface area contributed by atoms with E-state index in [1.807, 2.05) is 0 Å². The topological polar surface area (TPSA) is 69.1 Å². The second-order valence-corrected chi connectivity index (χ2v) is 2.28. The lowest BCUT2D eigenvalue weighted by Crippen LogP contribution is -2.51. The third-order valence-corrected chi connectivity index (χ3v) is 1.28. The summed E-state index contributed by atoms with van der Waals surface area (Å²) in [6.45, 7) is 1.42. The maximum atomic E-state index is 10.1. The second-order valence-electron chi connectivity index (χ2n) is 1.56.